The molecule has 1 spiro atoms. The van der Waals surface area contributed by atoms with Gasteiger partial charge < -0.3 is 10.2 Å². The van der Waals surface area contributed by atoms with Crippen molar-refractivity contribution in [2.75, 3.05) is 45.8 Å². The van der Waals surface area contributed by atoms with Crippen LogP contribution in [0.1, 0.15) is 40.5 Å². The average molecular weight is 332 g/mol. The monoisotopic (exact) mass is 331 g/mol. The number of nitrogens with one attached hydrogen (secondary N) is 1. The second-order valence-corrected chi connectivity index (χ2v) is 7.97. The van der Waals surface area contributed by atoms with Crippen LogP contribution in [0.15, 0.2) is 0 Å². The molecule has 1 unspecified atom stereocenters. The molecule has 0 aliphatic carbocycles. The molecule has 0 saturated carbocycles. The van der Waals surface area contributed by atoms with Crippen LogP contribution in [0.4, 0.5) is 0 Å². The van der Waals surface area contributed by atoms with Gasteiger partial charge in [0.25, 0.3) is 0 Å². The summed E-state index contributed by atoms with van der Waals surface area (Å²) in [4.78, 5) is 17.1. The lowest BCUT2D eigenvalue weighted by Gasteiger charge is -2.29. The van der Waals surface area contributed by atoms with Gasteiger partial charge in [-0.05, 0) is 43.2 Å². The third kappa shape index (κ3) is 5.39. The van der Waals surface area contributed by atoms with Crippen molar-refractivity contribution in [1.82, 2.24) is 15.1 Å². The summed E-state index contributed by atoms with van der Waals surface area (Å²) in [6.45, 7) is 15.6. The second-order valence-electron chi connectivity index (χ2n) is 7.97. The Morgan fingerprint density at radius 3 is 2.32 bits per heavy atom. The molecular weight excluding hydrogens is 298 g/mol. The van der Waals surface area contributed by atoms with Crippen LogP contribution in [-0.2, 0) is 4.79 Å². The number of amides is 1. The van der Waals surface area contributed by atoms with E-state index in [1.165, 1.54) is 12.8 Å². The third-order valence-corrected chi connectivity index (χ3v) is 4.73. The molecule has 1 amide bonds. The van der Waals surface area contributed by atoms with Crippen LogP contribution >= 0.6 is 12.4 Å². The summed E-state index contributed by atoms with van der Waals surface area (Å²) < 4.78 is 0. The van der Waals surface area contributed by atoms with Gasteiger partial charge in [-0.1, -0.05) is 27.7 Å². The van der Waals surface area contributed by atoms with Gasteiger partial charge in [0.05, 0.1) is 6.54 Å². The molecule has 2 aliphatic heterocycles. The van der Waals surface area contributed by atoms with Crippen molar-refractivity contribution >= 4 is 18.3 Å². The predicted octanol–water partition coefficient (Wildman–Crippen LogP) is 2.23. The summed E-state index contributed by atoms with van der Waals surface area (Å²) in [5.41, 5.74) is 0.460. The van der Waals surface area contributed by atoms with Crippen LogP contribution in [0, 0.1) is 17.3 Å². The number of carbonyl (C=O) groups excluding carboxylic acids is 1. The van der Waals surface area contributed by atoms with E-state index in [1.54, 1.807) is 0 Å². The Labute approximate surface area is 142 Å². The Kier molecular flexibility index (Phi) is 7.63. The molecule has 2 aliphatic rings. The summed E-state index contributed by atoms with van der Waals surface area (Å²) in [5, 5.41) is 3.48. The predicted molar refractivity (Wildman–Crippen MR) is 94.5 cm³/mol. The molecule has 1 atom stereocenters. The molecule has 4 nitrogen and oxygen atoms in total. The van der Waals surface area contributed by atoms with Crippen molar-refractivity contribution in [1.29, 1.82) is 0 Å². The molecule has 22 heavy (non-hydrogen) atoms. The van der Waals surface area contributed by atoms with Gasteiger partial charge >= 0.3 is 0 Å². The largest absolute Gasteiger partial charge is 0.341 e. The third-order valence-electron chi connectivity index (χ3n) is 4.73. The molecule has 0 bridgehead atoms. The number of carbonyl (C=O) groups is 1. The Hall–Kier alpha value is -0.320. The van der Waals surface area contributed by atoms with Gasteiger partial charge in [-0.25, -0.2) is 0 Å². The minimum absolute atomic E-state index is 0. The fraction of sp³-hybridized carbons (Fsp3) is 0.941. The molecule has 0 aromatic heterocycles. The SMILES string of the molecule is CC(C)CN(CC(C)C)C(=O)CN1CCC2(CCNC2)C1.Cl. The molecule has 2 saturated heterocycles. The number of halogens is 1. The molecular formula is C17H34ClN3O. The van der Waals surface area contributed by atoms with Gasteiger partial charge in [-0.2, -0.15) is 0 Å². The first-order valence-electron chi connectivity index (χ1n) is 8.61. The number of hydrogen-bond acceptors (Lipinski definition) is 3. The van der Waals surface area contributed by atoms with Gasteiger partial charge in [0.1, 0.15) is 0 Å². The highest BCUT2D eigenvalue weighted by Crippen LogP contribution is 2.35. The Morgan fingerprint density at radius 1 is 1.18 bits per heavy atom. The Balaban J connectivity index is 0.00000242. The van der Waals surface area contributed by atoms with Gasteiger partial charge in [-0.15, -0.1) is 12.4 Å². The van der Waals surface area contributed by atoms with Crippen molar-refractivity contribution in [3.8, 4) is 0 Å². The van der Waals surface area contributed by atoms with Crippen LogP contribution in [-0.4, -0.2) is 61.5 Å². The summed E-state index contributed by atoms with van der Waals surface area (Å²) in [6, 6.07) is 0. The lowest BCUT2D eigenvalue weighted by atomic mass is 9.87. The highest BCUT2D eigenvalue weighted by Gasteiger charge is 2.40. The maximum Gasteiger partial charge on any atom is 0.236 e. The first-order chi connectivity index (χ1) is 9.90. The molecule has 0 aromatic rings. The highest BCUT2D eigenvalue weighted by molar-refractivity contribution is 5.85. The van der Waals surface area contributed by atoms with Gasteiger partial charge in [-0.3, -0.25) is 9.69 Å². The minimum Gasteiger partial charge on any atom is -0.341 e. The summed E-state index contributed by atoms with van der Waals surface area (Å²) in [7, 11) is 0. The topological polar surface area (TPSA) is 35.6 Å². The van der Waals surface area contributed by atoms with E-state index in [0.29, 0.717) is 29.7 Å². The van der Waals surface area contributed by atoms with Crippen LogP contribution in [0.2, 0.25) is 0 Å². The lowest BCUT2D eigenvalue weighted by molar-refractivity contribution is -0.133. The van der Waals surface area contributed by atoms with E-state index in [2.05, 4.69) is 42.8 Å². The fourth-order valence-corrected chi connectivity index (χ4v) is 3.76. The molecule has 0 aromatic carbocycles. The zero-order chi connectivity index (χ0) is 15.5. The quantitative estimate of drug-likeness (QED) is 0.810. The zero-order valence-corrected chi connectivity index (χ0v) is 15.5. The van der Waals surface area contributed by atoms with Crippen molar-refractivity contribution < 1.29 is 4.79 Å². The van der Waals surface area contributed by atoms with Gasteiger partial charge in [0, 0.05) is 26.2 Å². The maximum absolute atomic E-state index is 12.6. The van der Waals surface area contributed by atoms with Gasteiger partial charge in [0.2, 0.25) is 5.91 Å². The molecule has 5 heteroatoms. The number of hydrogen-bond donors (Lipinski definition) is 1. The van der Waals surface area contributed by atoms with E-state index in [4.69, 9.17) is 0 Å². The van der Waals surface area contributed by atoms with Crippen molar-refractivity contribution in [2.24, 2.45) is 17.3 Å². The fourth-order valence-electron chi connectivity index (χ4n) is 3.76. The smallest absolute Gasteiger partial charge is 0.236 e. The molecule has 2 fully saturated rings. The Bertz CT molecular complexity index is 344. The van der Waals surface area contributed by atoms with Crippen LogP contribution in [0.5, 0.6) is 0 Å². The molecule has 0 radical (unpaired) electrons. The minimum atomic E-state index is 0. The van der Waals surface area contributed by atoms with E-state index in [1.807, 2.05) is 0 Å². The normalized spacial score (nSPS) is 25.2. The van der Waals surface area contributed by atoms with Crippen LogP contribution in [0.3, 0.4) is 0 Å². The summed E-state index contributed by atoms with van der Waals surface area (Å²) in [6.07, 6.45) is 2.53. The van der Waals surface area contributed by atoms with E-state index < -0.39 is 0 Å². The molecule has 2 rings (SSSR count). The number of nitrogens with zero attached hydrogens (tertiary/aromatic N) is 2. The molecule has 2 heterocycles. The maximum atomic E-state index is 12.6. The van der Waals surface area contributed by atoms with E-state index >= 15 is 0 Å². The van der Waals surface area contributed by atoms with Gasteiger partial charge in [0.15, 0.2) is 0 Å². The second kappa shape index (κ2) is 8.51. The average Bonchev–Trinajstić information content (AvgIpc) is 2.98. The van der Waals surface area contributed by atoms with E-state index in [9.17, 15) is 4.79 Å². The highest BCUT2D eigenvalue weighted by atomic mass is 35.5. The van der Waals surface area contributed by atoms with Crippen molar-refractivity contribution in [3.05, 3.63) is 0 Å². The van der Waals surface area contributed by atoms with Crippen LogP contribution in [0.25, 0.3) is 0 Å². The van der Waals surface area contributed by atoms with E-state index in [0.717, 1.165) is 39.3 Å². The number of likely N-dealkylation sites (tertiary alicyclic amines) is 1. The zero-order valence-electron chi connectivity index (χ0n) is 14.7. The first-order valence-corrected chi connectivity index (χ1v) is 8.61. The van der Waals surface area contributed by atoms with Crippen molar-refractivity contribution in [3.63, 3.8) is 0 Å². The van der Waals surface area contributed by atoms with Crippen molar-refractivity contribution in [2.45, 2.75) is 40.5 Å². The number of rotatable bonds is 6. The van der Waals surface area contributed by atoms with E-state index in [-0.39, 0.29) is 12.4 Å². The standard InChI is InChI=1S/C17H33N3O.ClH/c1-14(2)9-20(10-15(3)4)16(21)11-19-8-6-17(13-19)5-7-18-12-17;/h14-15,18H,5-13H2,1-4H3;1H. The Morgan fingerprint density at radius 2 is 1.82 bits per heavy atom. The lowest BCUT2D eigenvalue weighted by Crippen LogP contribution is -2.43. The molecule has 130 valence electrons. The summed E-state index contributed by atoms with van der Waals surface area (Å²) >= 11 is 0. The first kappa shape index (κ1) is 19.7. The molecule has 1 N–H and O–H groups in total. The van der Waals surface area contributed by atoms with Crippen LogP contribution < -0.4 is 5.32 Å². The summed E-state index contributed by atoms with van der Waals surface area (Å²) in [5.74, 6) is 1.40.